The van der Waals surface area contributed by atoms with Crippen molar-refractivity contribution in [2.75, 3.05) is 26.1 Å². The molecular weight excluding hydrogens is 378 g/mol. The number of para-hydroxylation sites is 2. The zero-order valence-electron chi connectivity index (χ0n) is 18.2. The first-order chi connectivity index (χ1) is 14.5. The summed E-state index contributed by atoms with van der Waals surface area (Å²) in [5.74, 6) is 0.610. The summed E-state index contributed by atoms with van der Waals surface area (Å²) in [4.78, 5) is 31.9. The van der Waals surface area contributed by atoms with Gasteiger partial charge in [-0.05, 0) is 30.5 Å². The number of rotatable bonds is 7. The molecular formula is C24H31N3O3. The summed E-state index contributed by atoms with van der Waals surface area (Å²) >= 11 is 0. The topological polar surface area (TPSA) is 53.1 Å². The lowest BCUT2D eigenvalue weighted by molar-refractivity contribution is -0.128. The third-order valence-electron chi connectivity index (χ3n) is 5.78. The van der Waals surface area contributed by atoms with Gasteiger partial charge in [-0.15, -0.1) is 0 Å². The minimum absolute atomic E-state index is 0.0123. The van der Waals surface area contributed by atoms with Crippen molar-refractivity contribution in [3.63, 3.8) is 0 Å². The van der Waals surface area contributed by atoms with Crippen LogP contribution in [0.1, 0.15) is 31.7 Å². The number of unbranched alkanes of at least 4 members (excludes halogenated alkanes) is 1. The highest BCUT2D eigenvalue weighted by molar-refractivity contribution is 5.98. The highest BCUT2D eigenvalue weighted by atomic mass is 16.5. The van der Waals surface area contributed by atoms with Gasteiger partial charge in [0, 0.05) is 20.5 Å². The Balaban J connectivity index is 1.95. The number of methoxy groups -OCH3 is 1. The number of ether oxygens (including phenoxy) is 1. The van der Waals surface area contributed by atoms with Crippen molar-refractivity contribution >= 4 is 17.6 Å². The standard InChI is InChI=1S/C24H31N3O3/c1-5-6-16-22-26(3)23(28)20(17-18-12-8-7-9-13-18)27(22)24(29)25(2)19-14-10-11-15-21(19)30-4/h7-15,20,22H,5-6,16-17H2,1-4H3/t20-,22+/m0/s1. The zero-order valence-corrected chi connectivity index (χ0v) is 18.2. The van der Waals surface area contributed by atoms with Crippen LogP contribution < -0.4 is 9.64 Å². The SMILES string of the molecule is CCCC[C@@H]1N(C)C(=O)[C@H](Cc2ccccc2)N1C(=O)N(C)c1ccccc1OC. The average Bonchev–Trinajstić information content (AvgIpc) is 3.01. The Morgan fingerprint density at radius 3 is 2.43 bits per heavy atom. The average molecular weight is 410 g/mol. The molecule has 3 amide bonds. The number of likely N-dealkylation sites (N-methyl/N-ethyl adjacent to an activating group) is 1. The number of carbonyl (C=O) groups excluding carboxylic acids is 2. The van der Waals surface area contributed by atoms with E-state index >= 15 is 0 Å². The van der Waals surface area contributed by atoms with Crippen molar-refractivity contribution in [3.8, 4) is 5.75 Å². The lowest BCUT2D eigenvalue weighted by atomic mass is 10.0. The molecule has 1 heterocycles. The van der Waals surface area contributed by atoms with Crippen molar-refractivity contribution in [2.24, 2.45) is 0 Å². The van der Waals surface area contributed by atoms with Gasteiger partial charge in [0.2, 0.25) is 5.91 Å². The van der Waals surface area contributed by atoms with Gasteiger partial charge in [-0.1, -0.05) is 55.8 Å². The highest BCUT2D eigenvalue weighted by Crippen LogP contribution is 2.32. The highest BCUT2D eigenvalue weighted by Gasteiger charge is 2.47. The molecule has 2 atom stereocenters. The van der Waals surface area contributed by atoms with Gasteiger partial charge in [0.05, 0.1) is 12.8 Å². The number of urea groups is 1. The molecule has 1 fully saturated rings. The predicted molar refractivity (Wildman–Crippen MR) is 119 cm³/mol. The van der Waals surface area contributed by atoms with Gasteiger partial charge in [0.15, 0.2) is 0 Å². The molecule has 0 unspecified atom stereocenters. The van der Waals surface area contributed by atoms with Crippen molar-refractivity contribution in [3.05, 3.63) is 60.2 Å². The van der Waals surface area contributed by atoms with Crippen LogP contribution in [0.15, 0.2) is 54.6 Å². The normalized spacial score (nSPS) is 18.6. The number of amides is 3. The largest absolute Gasteiger partial charge is 0.495 e. The molecule has 0 aliphatic carbocycles. The van der Waals surface area contributed by atoms with E-state index in [0.29, 0.717) is 17.9 Å². The van der Waals surface area contributed by atoms with Gasteiger partial charge < -0.3 is 9.64 Å². The molecule has 160 valence electrons. The van der Waals surface area contributed by atoms with Crippen LogP contribution in [-0.2, 0) is 11.2 Å². The van der Waals surface area contributed by atoms with Crippen molar-refractivity contribution < 1.29 is 14.3 Å². The summed E-state index contributed by atoms with van der Waals surface area (Å²) in [5.41, 5.74) is 1.72. The van der Waals surface area contributed by atoms with Crippen molar-refractivity contribution in [2.45, 2.75) is 44.8 Å². The second kappa shape index (κ2) is 9.65. The van der Waals surface area contributed by atoms with Crippen molar-refractivity contribution in [1.82, 2.24) is 9.80 Å². The van der Waals surface area contributed by atoms with Gasteiger partial charge in [0.25, 0.3) is 0 Å². The van der Waals surface area contributed by atoms with Crippen LogP contribution in [0.25, 0.3) is 0 Å². The van der Waals surface area contributed by atoms with E-state index in [2.05, 4.69) is 6.92 Å². The van der Waals surface area contributed by atoms with Crippen LogP contribution in [0, 0.1) is 0 Å². The van der Waals surface area contributed by atoms with E-state index in [1.54, 1.807) is 35.9 Å². The molecule has 1 aliphatic rings. The van der Waals surface area contributed by atoms with E-state index in [4.69, 9.17) is 4.74 Å². The third-order valence-corrected chi connectivity index (χ3v) is 5.78. The Bertz CT molecular complexity index is 871. The summed E-state index contributed by atoms with van der Waals surface area (Å²) < 4.78 is 5.45. The molecule has 0 saturated carbocycles. The van der Waals surface area contributed by atoms with Crippen LogP contribution in [-0.4, -0.2) is 55.2 Å². The molecule has 0 N–H and O–H groups in total. The summed E-state index contributed by atoms with van der Waals surface area (Å²) in [7, 11) is 5.13. The quantitative estimate of drug-likeness (QED) is 0.690. The molecule has 1 aliphatic heterocycles. The summed E-state index contributed by atoms with van der Waals surface area (Å²) in [6, 6.07) is 16.6. The number of anilines is 1. The maximum absolute atomic E-state index is 13.7. The Morgan fingerprint density at radius 1 is 1.10 bits per heavy atom. The van der Waals surface area contributed by atoms with Gasteiger partial charge in [-0.3, -0.25) is 14.6 Å². The Morgan fingerprint density at radius 2 is 1.77 bits per heavy atom. The fraction of sp³-hybridized carbons (Fsp3) is 0.417. The monoisotopic (exact) mass is 409 g/mol. The van der Waals surface area contributed by atoms with Crippen LogP contribution >= 0.6 is 0 Å². The smallest absolute Gasteiger partial charge is 0.326 e. The van der Waals surface area contributed by atoms with E-state index in [1.807, 2.05) is 54.6 Å². The molecule has 6 nitrogen and oxygen atoms in total. The molecule has 2 aromatic carbocycles. The minimum Gasteiger partial charge on any atom is -0.495 e. The molecule has 0 aromatic heterocycles. The molecule has 0 spiro atoms. The summed E-state index contributed by atoms with van der Waals surface area (Å²) in [5, 5.41) is 0. The molecule has 0 radical (unpaired) electrons. The van der Waals surface area contributed by atoms with Gasteiger partial charge in [-0.2, -0.15) is 0 Å². The van der Waals surface area contributed by atoms with Crippen LogP contribution in [0.5, 0.6) is 5.75 Å². The van der Waals surface area contributed by atoms with Gasteiger partial charge in [-0.25, -0.2) is 4.79 Å². The molecule has 3 rings (SSSR count). The minimum atomic E-state index is -0.524. The van der Waals surface area contributed by atoms with Crippen LogP contribution in [0.3, 0.4) is 0 Å². The fourth-order valence-corrected chi connectivity index (χ4v) is 4.08. The van der Waals surface area contributed by atoms with Crippen LogP contribution in [0.4, 0.5) is 10.5 Å². The Kier molecular flexibility index (Phi) is 6.98. The lowest BCUT2D eigenvalue weighted by Gasteiger charge is -2.34. The molecule has 30 heavy (non-hydrogen) atoms. The van der Waals surface area contributed by atoms with Gasteiger partial charge >= 0.3 is 6.03 Å². The summed E-state index contributed by atoms with van der Waals surface area (Å²) in [6.45, 7) is 2.12. The first-order valence-corrected chi connectivity index (χ1v) is 10.5. The maximum atomic E-state index is 13.7. The maximum Gasteiger partial charge on any atom is 0.326 e. The second-order valence-corrected chi connectivity index (χ2v) is 7.70. The molecule has 6 heteroatoms. The molecule has 0 bridgehead atoms. The Labute approximate surface area is 179 Å². The van der Waals surface area contributed by atoms with Crippen LogP contribution in [0.2, 0.25) is 0 Å². The van der Waals surface area contributed by atoms with E-state index in [1.165, 1.54) is 0 Å². The van der Waals surface area contributed by atoms with E-state index in [-0.39, 0.29) is 18.1 Å². The predicted octanol–water partition coefficient (Wildman–Crippen LogP) is 4.15. The van der Waals surface area contributed by atoms with Crippen molar-refractivity contribution in [1.29, 1.82) is 0 Å². The second-order valence-electron chi connectivity index (χ2n) is 7.70. The lowest BCUT2D eigenvalue weighted by Crippen LogP contribution is -2.50. The number of hydrogen-bond donors (Lipinski definition) is 0. The number of carbonyl (C=O) groups is 2. The number of hydrogen-bond acceptors (Lipinski definition) is 3. The number of nitrogens with zero attached hydrogens (tertiary/aromatic N) is 3. The van der Waals surface area contributed by atoms with E-state index in [9.17, 15) is 9.59 Å². The Hall–Kier alpha value is -3.02. The van der Waals surface area contributed by atoms with E-state index in [0.717, 1.165) is 24.8 Å². The van der Waals surface area contributed by atoms with E-state index < -0.39 is 6.04 Å². The first-order valence-electron chi connectivity index (χ1n) is 10.5. The third kappa shape index (κ3) is 4.27. The zero-order chi connectivity index (χ0) is 21.7. The summed E-state index contributed by atoms with van der Waals surface area (Å²) in [6.07, 6.45) is 2.96. The first kappa shape index (κ1) is 21.7. The number of benzene rings is 2. The molecule has 1 saturated heterocycles. The fourth-order valence-electron chi connectivity index (χ4n) is 4.08. The molecule has 2 aromatic rings. The van der Waals surface area contributed by atoms with Gasteiger partial charge in [0.1, 0.15) is 18.0 Å².